The quantitative estimate of drug-likeness (QED) is 0.361. The van der Waals surface area contributed by atoms with E-state index in [9.17, 15) is 0 Å². The number of nitrogens with zero attached hydrogens (tertiary/aromatic N) is 1. The Morgan fingerprint density at radius 2 is 1.71 bits per heavy atom. The van der Waals surface area contributed by atoms with Gasteiger partial charge in [0.15, 0.2) is 0 Å². The van der Waals surface area contributed by atoms with E-state index in [4.69, 9.17) is 16.6 Å². The van der Waals surface area contributed by atoms with Crippen LogP contribution in [0.3, 0.4) is 0 Å². The third-order valence-electron chi connectivity index (χ3n) is 2.96. The fourth-order valence-electron chi connectivity index (χ4n) is 2.45. The molecule has 21 heavy (non-hydrogen) atoms. The predicted octanol–water partition coefficient (Wildman–Crippen LogP) is 6.04. The first-order valence-corrected chi connectivity index (χ1v) is 8.26. The highest BCUT2D eigenvalue weighted by atomic mass is 35.5. The molecule has 0 aromatic rings. The Morgan fingerprint density at radius 3 is 2.14 bits per heavy atom. The van der Waals surface area contributed by atoms with Crippen molar-refractivity contribution in [1.82, 2.24) is 5.32 Å². The molecule has 0 fully saturated rings. The zero-order valence-corrected chi connectivity index (χ0v) is 15.9. The SMILES string of the molecule is CC/C=C(\Cl)NC(/C=C(\C)CC)=NC(C)(C)CC(C)(C)C. The van der Waals surface area contributed by atoms with Crippen LogP contribution in [0.1, 0.15) is 74.7 Å². The van der Waals surface area contributed by atoms with Gasteiger partial charge in [0.2, 0.25) is 0 Å². The van der Waals surface area contributed by atoms with E-state index in [1.807, 2.05) is 6.08 Å². The van der Waals surface area contributed by atoms with Crippen LogP contribution in [0.4, 0.5) is 0 Å². The predicted molar refractivity (Wildman–Crippen MR) is 97.0 cm³/mol. The molecule has 0 aliphatic rings. The number of amidine groups is 1. The van der Waals surface area contributed by atoms with E-state index < -0.39 is 0 Å². The molecule has 3 heteroatoms. The Balaban J connectivity index is 5.37. The standard InChI is InChI=1S/C18H33ClN2/c1-9-11-15(19)20-16(12-14(3)10-2)21-18(7,8)13-17(4,5)6/h11-12H,9-10,13H2,1-8H3,(H,20,21)/b14-12+,15-11+. The molecule has 0 spiro atoms. The number of hydrogen-bond donors (Lipinski definition) is 1. The monoisotopic (exact) mass is 312 g/mol. The Bertz CT molecular complexity index is 409. The van der Waals surface area contributed by atoms with Gasteiger partial charge >= 0.3 is 0 Å². The van der Waals surface area contributed by atoms with Crippen molar-refractivity contribution in [1.29, 1.82) is 0 Å². The summed E-state index contributed by atoms with van der Waals surface area (Å²) in [6.45, 7) is 17.4. The number of allylic oxidation sites excluding steroid dienone is 2. The van der Waals surface area contributed by atoms with Crippen molar-refractivity contribution < 1.29 is 0 Å². The molecule has 0 saturated heterocycles. The summed E-state index contributed by atoms with van der Waals surface area (Å²) in [7, 11) is 0. The van der Waals surface area contributed by atoms with Crippen molar-refractivity contribution in [2.24, 2.45) is 10.4 Å². The van der Waals surface area contributed by atoms with E-state index in [1.54, 1.807) is 0 Å². The number of nitrogens with one attached hydrogen (secondary N) is 1. The van der Waals surface area contributed by atoms with Gasteiger partial charge in [0, 0.05) is 0 Å². The van der Waals surface area contributed by atoms with Gasteiger partial charge in [-0.15, -0.1) is 0 Å². The molecule has 0 saturated carbocycles. The van der Waals surface area contributed by atoms with Gasteiger partial charge in [-0.2, -0.15) is 0 Å². The molecule has 0 aliphatic heterocycles. The molecule has 2 nitrogen and oxygen atoms in total. The lowest BCUT2D eigenvalue weighted by Crippen LogP contribution is -2.30. The average molecular weight is 313 g/mol. The third-order valence-corrected chi connectivity index (χ3v) is 3.21. The average Bonchev–Trinajstić information content (AvgIpc) is 2.24. The first kappa shape index (κ1) is 20.2. The summed E-state index contributed by atoms with van der Waals surface area (Å²) in [5.41, 5.74) is 1.40. The van der Waals surface area contributed by atoms with E-state index in [0.717, 1.165) is 25.1 Å². The van der Waals surface area contributed by atoms with E-state index in [0.29, 0.717) is 5.16 Å². The lowest BCUT2D eigenvalue weighted by atomic mass is 9.82. The minimum absolute atomic E-state index is 0.130. The maximum atomic E-state index is 6.20. The largest absolute Gasteiger partial charge is 0.331 e. The zero-order chi connectivity index (χ0) is 16.7. The summed E-state index contributed by atoms with van der Waals surface area (Å²) in [4.78, 5) is 4.91. The van der Waals surface area contributed by atoms with Gasteiger partial charge in [-0.3, -0.25) is 4.99 Å². The number of halogens is 1. The molecule has 0 amide bonds. The molecule has 0 heterocycles. The topological polar surface area (TPSA) is 24.4 Å². The van der Waals surface area contributed by atoms with E-state index in [-0.39, 0.29) is 11.0 Å². The van der Waals surface area contributed by atoms with Gasteiger partial charge in [0.1, 0.15) is 11.0 Å². The second-order valence-corrected chi connectivity index (χ2v) is 7.88. The molecule has 0 radical (unpaired) electrons. The Labute approximate surface area is 136 Å². The van der Waals surface area contributed by atoms with Crippen LogP contribution in [0.15, 0.2) is 27.9 Å². The molecule has 0 bridgehead atoms. The highest BCUT2D eigenvalue weighted by Gasteiger charge is 2.25. The van der Waals surface area contributed by atoms with E-state index in [2.05, 4.69) is 66.8 Å². The molecular formula is C18H33ClN2. The summed E-state index contributed by atoms with van der Waals surface area (Å²) >= 11 is 6.20. The molecule has 1 N–H and O–H groups in total. The Hall–Kier alpha value is -0.760. The molecule has 0 atom stereocenters. The Morgan fingerprint density at radius 1 is 1.14 bits per heavy atom. The normalized spacial score (nSPS) is 15.4. The van der Waals surface area contributed by atoms with Crippen LogP contribution in [0, 0.1) is 5.41 Å². The lowest BCUT2D eigenvalue weighted by molar-refractivity contribution is 0.288. The summed E-state index contributed by atoms with van der Waals surface area (Å²) in [5.74, 6) is 0.846. The smallest absolute Gasteiger partial charge is 0.126 e. The third kappa shape index (κ3) is 10.6. The van der Waals surface area contributed by atoms with Crippen LogP contribution in [-0.2, 0) is 0 Å². The van der Waals surface area contributed by atoms with Gasteiger partial charge in [-0.25, -0.2) is 0 Å². The highest BCUT2D eigenvalue weighted by molar-refractivity contribution is 6.30. The first-order chi connectivity index (χ1) is 9.49. The van der Waals surface area contributed by atoms with Crippen LogP contribution in [0.2, 0.25) is 0 Å². The number of hydrogen-bond acceptors (Lipinski definition) is 1. The van der Waals surface area contributed by atoms with Gasteiger partial charge in [0.05, 0.1) is 5.54 Å². The van der Waals surface area contributed by atoms with Crippen molar-refractivity contribution in [2.45, 2.75) is 80.2 Å². The highest BCUT2D eigenvalue weighted by Crippen LogP contribution is 2.29. The van der Waals surface area contributed by atoms with Crippen molar-refractivity contribution in [2.75, 3.05) is 0 Å². The lowest BCUT2D eigenvalue weighted by Gasteiger charge is -2.29. The molecule has 0 aliphatic carbocycles. The maximum Gasteiger partial charge on any atom is 0.126 e. The second-order valence-electron chi connectivity index (χ2n) is 7.48. The van der Waals surface area contributed by atoms with Gasteiger partial charge in [0.25, 0.3) is 0 Å². The van der Waals surface area contributed by atoms with Crippen molar-refractivity contribution in [3.8, 4) is 0 Å². The molecule has 0 unspecified atom stereocenters. The van der Waals surface area contributed by atoms with Crippen molar-refractivity contribution >= 4 is 17.4 Å². The van der Waals surface area contributed by atoms with Crippen LogP contribution < -0.4 is 5.32 Å². The number of aliphatic imine (C=N–C) groups is 1. The van der Waals surface area contributed by atoms with Crippen LogP contribution >= 0.6 is 11.6 Å². The molecule has 0 rings (SSSR count). The zero-order valence-electron chi connectivity index (χ0n) is 15.1. The van der Waals surface area contributed by atoms with Crippen LogP contribution in [0.25, 0.3) is 0 Å². The molecule has 122 valence electrons. The van der Waals surface area contributed by atoms with Gasteiger partial charge in [-0.05, 0) is 57.6 Å². The minimum atomic E-state index is -0.130. The summed E-state index contributed by atoms with van der Waals surface area (Å²) in [6.07, 6.45) is 6.98. The van der Waals surface area contributed by atoms with Gasteiger partial charge in [-0.1, -0.05) is 51.8 Å². The molecule has 0 aromatic heterocycles. The van der Waals surface area contributed by atoms with Gasteiger partial charge < -0.3 is 5.32 Å². The summed E-state index contributed by atoms with van der Waals surface area (Å²) in [6, 6.07) is 0. The molecular weight excluding hydrogens is 280 g/mol. The fraction of sp³-hybridized carbons (Fsp3) is 0.722. The Kier molecular flexibility index (Phi) is 8.31. The van der Waals surface area contributed by atoms with Crippen LogP contribution in [-0.4, -0.2) is 11.4 Å². The maximum absolute atomic E-state index is 6.20. The van der Waals surface area contributed by atoms with E-state index in [1.165, 1.54) is 5.57 Å². The fourth-order valence-corrected chi connectivity index (χ4v) is 2.70. The van der Waals surface area contributed by atoms with E-state index >= 15 is 0 Å². The second kappa shape index (κ2) is 8.63. The van der Waals surface area contributed by atoms with Crippen molar-refractivity contribution in [3.63, 3.8) is 0 Å². The first-order valence-electron chi connectivity index (χ1n) is 7.89. The van der Waals surface area contributed by atoms with Crippen molar-refractivity contribution in [3.05, 3.63) is 22.9 Å². The minimum Gasteiger partial charge on any atom is -0.331 e. The summed E-state index contributed by atoms with van der Waals surface area (Å²) in [5, 5.41) is 3.87. The van der Waals surface area contributed by atoms with Crippen LogP contribution in [0.5, 0.6) is 0 Å². The summed E-state index contributed by atoms with van der Waals surface area (Å²) < 4.78 is 0. The number of rotatable bonds is 6. The molecule has 0 aromatic carbocycles.